The average Bonchev–Trinajstić information content (AvgIpc) is 3.68. The predicted octanol–water partition coefficient (Wildman–Crippen LogP) is 5.42. The zero-order chi connectivity index (χ0) is 32.5. The number of anilines is 1. The van der Waals surface area contributed by atoms with Gasteiger partial charge >= 0.3 is 0 Å². The number of aromatic nitrogens is 3. The third-order valence-corrected chi connectivity index (χ3v) is 8.52. The van der Waals surface area contributed by atoms with E-state index in [0.29, 0.717) is 50.5 Å². The molecule has 236 valence electrons. The average molecular weight is 645 g/mol. The monoisotopic (exact) mass is 644 g/mol. The van der Waals surface area contributed by atoms with E-state index in [4.69, 9.17) is 9.72 Å². The Bertz CT molecular complexity index is 1990. The number of amides is 2. The van der Waals surface area contributed by atoms with Gasteiger partial charge in [0, 0.05) is 45.6 Å². The number of H-pyrrole nitrogens is 1. The summed E-state index contributed by atoms with van der Waals surface area (Å²) in [5.41, 5.74) is 4.33. The molecule has 46 heavy (non-hydrogen) atoms. The molecule has 1 atom stereocenters. The predicted molar refractivity (Wildman–Crippen MR) is 172 cm³/mol. The van der Waals surface area contributed by atoms with Crippen LogP contribution in [0.25, 0.3) is 43.9 Å². The lowest BCUT2D eigenvalue weighted by Crippen LogP contribution is -2.26. The fourth-order valence-electron chi connectivity index (χ4n) is 5.51. The smallest absolute Gasteiger partial charge is 0.243 e. The number of aliphatic hydroxyl groups excluding tert-OH is 1. The molecule has 1 aliphatic rings. The molecule has 0 fully saturated rings. The van der Waals surface area contributed by atoms with Gasteiger partial charge in [0.15, 0.2) is 0 Å². The number of rotatable bonds is 9. The summed E-state index contributed by atoms with van der Waals surface area (Å²) in [6, 6.07) is 10.7. The number of nitrogens with one attached hydrogen (secondary N) is 3. The van der Waals surface area contributed by atoms with Crippen LogP contribution in [-0.4, -0.2) is 63.8 Å². The fraction of sp³-hybridized carbons (Fsp3) is 0.212. The van der Waals surface area contributed by atoms with Crippen LogP contribution in [0.2, 0.25) is 0 Å². The van der Waals surface area contributed by atoms with Gasteiger partial charge in [-0.2, -0.15) is 5.10 Å². The number of nitrogens with zero attached hydrogens (tertiary/aromatic N) is 3. The normalized spacial score (nSPS) is 14.0. The van der Waals surface area contributed by atoms with Crippen LogP contribution < -0.4 is 15.4 Å². The summed E-state index contributed by atoms with van der Waals surface area (Å²) in [5, 5.41) is 25.2. The Morgan fingerprint density at radius 2 is 2.02 bits per heavy atom. The number of hydrogen-bond acceptors (Lipinski definition) is 8. The molecule has 4 heterocycles. The van der Waals surface area contributed by atoms with Crippen molar-refractivity contribution in [2.45, 2.75) is 19.5 Å². The van der Waals surface area contributed by atoms with Crippen molar-refractivity contribution in [1.82, 2.24) is 25.4 Å². The van der Waals surface area contributed by atoms with E-state index in [9.17, 15) is 19.1 Å². The molecular formula is C33H30F2N6O4S. The fourth-order valence-corrected chi connectivity index (χ4v) is 6.46. The van der Waals surface area contributed by atoms with Crippen molar-refractivity contribution in [1.29, 1.82) is 0 Å². The quantitative estimate of drug-likeness (QED) is 0.158. The number of hydrogen-bond donors (Lipinski definition) is 4. The van der Waals surface area contributed by atoms with Gasteiger partial charge in [-0.05, 0) is 49.2 Å². The maximum absolute atomic E-state index is 15.9. The van der Waals surface area contributed by atoms with E-state index < -0.39 is 17.7 Å². The van der Waals surface area contributed by atoms with Gasteiger partial charge in [-0.15, -0.1) is 11.3 Å². The van der Waals surface area contributed by atoms with Crippen molar-refractivity contribution in [3.05, 3.63) is 83.4 Å². The number of carbonyl (C=O) groups excluding carboxylic acids is 2. The van der Waals surface area contributed by atoms with E-state index in [1.165, 1.54) is 11.3 Å². The number of carbonyl (C=O) groups is 2. The van der Waals surface area contributed by atoms with Crippen molar-refractivity contribution in [2.24, 2.45) is 0 Å². The number of fused-ring (bicyclic) bond motifs is 2. The molecule has 6 rings (SSSR count). The minimum Gasteiger partial charge on any atom is -0.490 e. The summed E-state index contributed by atoms with van der Waals surface area (Å²) in [6.07, 6.45) is 1.16. The molecule has 5 aromatic rings. The molecule has 13 heteroatoms. The Morgan fingerprint density at radius 3 is 2.80 bits per heavy atom. The Morgan fingerprint density at radius 1 is 1.20 bits per heavy atom. The Balaban J connectivity index is 1.60. The second kappa shape index (κ2) is 12.8. The molecule has 0 aliphatic carbocycles. The van der Waals surface area contributed by atoms with Crippen LogP contribution in [-0.2, 0) is 16.1 Å². The van der Waals surface area contributed by atoms with Crippen LogP contribution in [0.15, 0.2) is 60.5 Å². The molecule has 1 aliphatic heterocycles. The Kier molecular flexibility index (Phi) is 8.63. The number of likely N-dealkylation sites (N-methyl/N-ethyl adjacent to an activating group) is 1. The number of aromatic amines is 1. The Hall–Kier alpha value is -4.98. The maximum atomic E-state index is 15.9. The van der Waals surface area contributed by atoms with Crippen molar-refractivity contribution >= 4 is 38.9 Å². The van der Waals surface area contributed by atoms with Gasteiger partial charge in [0.05, 0.1) is 36.1 Å². The standard InChI is InChI=1S/C33H30F2N6O4S/c1-4-27(43)36-17(2)23-14-25(40-39-23)32-30(29-22(35)12-20(34)13-26(29)45-9-8-42)33-21(7-10-46-33)31(38-32)18-5-6-19-15-41(3)16-28(44)37-24(19)11-18/h4-7,10-14,17,42H,1,8-9,15-16H2,2-3H3,(H,36,43)(H,37,44)(H,39,40)/t17-/m1/s1. The molecule has 10 nitrogen and oxygen atoms in total. The zero-order valence-corrected chi connectivity index (χ0v) is 25.8. The molecule has 0 saturated heterocycles. The molecule has 0 saturated carbocycles. The highest BCUT2D eigenvalue weighted by atomic mass is 32.1. The number of pyridine rings is 1. The first-order valence-corrected chi connectivity index (χ1v) is 15.3. The number of aliphatic hydroxyl groups is 1. The van der Waals surface area contributed by atoms with Crippen molar-refractivity contribution in [3.63, 3.8) is 0 Å². The molecular weight excluding hydrogens is 614 g/mol. The second-order valence-electron chi connectivity index (χ2n) is 10.9. The van der Waals surface area contributed by atoms with Crippen molar-refractivity contribution in [3.8, 4) is 39.5 Å². The van der Waals surface area contributed by atoms with E-state index in [1.54, 1.807) is 13.0 Å². The van der Waals surface area contributed by atoms with Gasteiger partial charge in [0.2, 0.25) is 11.8 Å². The number of thiophene rings is 1. The summed E-state index contributed by atoms with van der Waals surface area (Å²) in [5.74, 6) is -2.32. The summed E-state index contributed by atoms with van der Waals surface area (Å²) in [4.78, 5) is 31.5. The molecule has 3 aromatic heterocycles. The molecule has 2 amide bonds. The van der Waals surface area contributed by atoms with Crippen LogP contribution >= 0.6 is 11.3 Å². The number of benzene rings is 2. The minimum absolute atomic E-state index is 0.0360. The third kappa shape index (κ3) is 5.99. The zero-order valence-electron chi connectivity index (χ0n) is 25.0. The first kappa shape index (κ1) is 31.0. The highest BCUT2D eigenvalue weighted by Crippen LogP contribution is 2.47. The molecule has 0 spiro atoms. The molecule has 0 radical (unpaired) electrons. The van der Waals surface area contributed by atoms with Gasteiger partial charge < -0.3 is 20.5 Å². The van der Waals surface area contributed by atoms with E-state index in [2.05, 4.69) is 27.4 Å². The number of ether oxygens (including phenoxy) is 1. The maximum Gasteiger partial charge on any atom is 0.243 e. The lowest BCUT2D eigenvalue weighted by molar-refractivity contribution is -0.117. The Labute approximate surface area is 266 Å². The summed E-state index contributed by atoms with van der Waals surface area (Å²) in [7, 11) is 1.87. The van der Waals surface area contributed by atoms with Crippen LogP contribution in [0.5, 0.6) is 5.75 Å². The van der Waals surface area contributed by atoms with E-state index >= 15 is 4.39 Å². The van der Waals surface area contributed by atoms with E-state index in [1.807, 2.05) is 41.6 Å². The van der Waals surface area contributed by atoms with Crippen LogP contribution in [0.4, 0.5) is 14.5 Å². The molecule has 2 aromatic carbocycles. The largest absolute Gasteiger partial charge is 0.490 e. The van der Waals surface area contributed by atoms with Gasteiger partial charge in [-0.25, -0.2) is 13.8 Å². The molecule has 0 bridgehead atoms. The minimum atomic E-state index is -0.877. The first-order chi connectivity index (χ1) is 22.2. The summed E-state index contributed by atoms with van der Waals surface area (Å²) >= 11 is 1.34. The SMILES string of the molecule is C=CC(=O)N[C@H](C)c1cc(-c2nc(-c3ccc4c(c3)NC(=O)CN(C)C4)c3ccsc3c2-c2c(F)cc(F)cc2OCCO)n[nH]1. The van der Waals surface area contributed by atoms with Gasteiger partial charge in [0.1, 0.15) is 35.4 Å². The lowest BCUT2D eigenvalue weighted by atomic mass is 9.96. The van der Waals surface area contributed by atoms with Crippen molar-refractivity contribution < 1.29 is 28.2 Å². The topological polar surface area (TPSA) is 132 Å². The lowest BCUT2D eigenvalue weighted by Gasteiger charge is -2.18. The van der Waals surface area contributed by atoms with E-state index in [-0.39, 0.29) is 48.6 Å². The highest BCUT2D eigenvalue weighted by molar-refractivity contribution is 7.18. The second-order valence-corrected chi connectivity index (χ2v) is 11.8. The third-order valence-electron chi connectivity index (χ3n) is 7.59. The highest BCUT2D eigenvalue weighted by Gasteiger charge is 2.27. The molecule has 0 unspecified atom stereocenters. The molecule has 4 N–H and O–H groups in total. The summed E-state index contributed by atoms with van der Waals surface area (Å²) in [6.45, 7) is 5.54. The first-order valence-electron chi connectivity index (χ1n) is 14.4. The van der Waals surface area contributed by atoms with Gasteiger partial charge in [-0.1, -0.05) is 18.7 Å². The van der Waals surface area contributed by atoms with Crippen LogP contribution in [0.3, 0.4) is 0 Å². The van der Waals surface area contributed by atoms with Gasteiger partial charge in [-0.3, -0.25) is 19.6 Å². The van der Waals surface area contributed by atoms with Crippen LogP contribution in [0.1, 0.15) is 24.2 Å². The van der Waals surface area contributed by atoms with Crippen LogP contribution in [0, 0.1) is 11.6 Å². The van der Waals surface area contributed by atoms with E-state index in [0.717, 1.165) is 23.8 Å². The van der Waals surface area contributed by atoms with Crippen molar-refractivity contribution in [2.75, 3.05) is 32.1 Å². The summed E-state index contributed by atoms with van der Waals surface area (Å²) < 4.78 is 36.6. The number of halogens is 2. The van der Waals surface area contributed by atoms with Gasteiger partial charge in [0.25, 0.3) is 0 Å².